The molecule has 0 heterocycles. The number of carbonyl (C=O) groups is 1. The highest BCUT2D eigenvalue weighted by molar-refractivity contribution is 8.00. The lowest BCUT2D eigenvalue weighted by Crippen LogP contribution is -2.40. The van der Waals surface area contributed by atoms with Crippen molar-refractivity contribution in [1.82, 2.24) is 10.2 Å². The summed E-state index contributed by atoms with van der Waals surface area (Å²) in [6, 6.07) is 10.00. The molecule has 1 amide bonds. The molecule has 0 saturated heterocycles. The van der Waals surface area contributed by atoms with Crippen molar-refractivity contribution in [2.24, 2.45) is 5.41 Å². The van der Waals surface area contributed by atoms with Crippen LogP contribution in [0.3, 0.4) is 0 Å². The molecule has 0 spiro atoms. The van der Waals surface area contributed by atoms with Gasteiger partial charge in [0.25, 0.3) is 0 Å². The zero-order valence-electron chi connectivity index (χ0n) is 12.3. The summed E-state index contributed by atoms with van der Waals surface area (Å²) in [6.45, 7) is 5.99. The fourth-order valence-electron chi connectivity index (χ4n) is 1.97. The maximum Gasteiger partial charge on any atom is 0.230 e. The lowest BCUT2D eigenvalue weighted by molar-refractivity contribution is -0.119. The molecule has 0 unspecified atom stereocenters. The maximum atomic E-state index is 11.8. The SMILES string of the molecule is CN(C)CC(C)(C)CNC(=O)CSc1ccccc1. The number of nitrogens with zero attached hydrogens (tertiary/aromatic N) is 1. The second-order valence-electron chi connectivity index (χ2n) is 5.78. The summed E-state index contributed by atoms with van der Waals surface area (Å²) in [7, 11) is 4.10. The molecule has 0 atom stereocenters. The first kappa shape index (κ1) is 16.1. The Labute approximate surface area is 120 Å². The quantitative estimate of drug-likeness (QED) is 0.779. The molecule has 3 nitrogen and oxygen atoms in total. The van der Waals surface area contributed by atoms with Gasteiger partial charge < -0.3 is 10.2 Å². The van der Waals surface area contributed by atoms with Crippen LogP contribution < -0.4 is 5.32 Å². The van der Waals surface area contributed by atoms with E-state index >= 15 is 0 Å². The van der Waals surface area contributed by atoms with E-state index in [0.29, 0.717) is 12.3 Å². The van der Waals surface area contributed by atoms with Crippen LogP contribution in [0.4, 0.5) is 0 Å². The van der Waals surface area contributed by atoms with Gasteiger partial charge in [-0.3, -0.25) is 4.79 Å². The minimum Gasteiger partial charge on any atom is -0.355 e. The predicted molar refractivity (Wildman–Crippen MR) is 82.5 cm³/mol. The molecular formula is C15H24N2OS. The van der Waals surface area contributed by atoms with E-state index in [1.165, 1.54) is 0 Å². The van der Waals surface area contributed by atoms with Crippen LogP contribution in [0.5, 0.6) is 0 Å². The highest BCUT2D eigenvalue weighted by atomic mass is 32.2. The predicted octanol–water partition coefficient (Wildman–Crippen LogP) is 2.48. The van der Waals surface area contributed by atoms with Crippen LogP contribution >= 0.6 is 11.8 Å². The van der Waals surface area contributed by atoms with Gasteiger partial charge in [-0.25, -0.2) is 0 Å². The van der Waals surface area contributed by atoms with Crippen molar-refractivity contribution < 1.29 is 4.79 Å². The van der Waals surface area contributed by atoms with Gasteiger partial charge in [-0.1, -0.05) is 32.0 Å². The van der Waals surface area contributed by atoms with E-state index in [9.17, 15) is 4.79 Å². The van der Waals surface area contributed by atoms with Crippen molar-refractivity contribution in [3.8, 4) is 0 Å². The number of benzene rings is 1. The number of thioether (sulfide) groups is 1. The van der Waals surface area contributed by atoms with Crippen LogP contribution in [0, 0.1) is 5.41 Å². The Kier molecular flexibility index (Phi) is 6.38. The van der Waals surface area contributed by atoms with Crippen LogP contribution in [0.25, 0.3) is 0 Å². The fraction of sp³-hybridized carbons (Fsp3) is 0.533. The summed E-state index contributed by atoms with van der Waals surface area (Å²) in [5, 5.41) is 3.01. The monoisotopic (exact) mass is 280 g/mol. The number of hydrogen-bond donors (Lipinski definition) is 1. The molecule has 1 rings (SSSR count). The Bertz CT molecular complexity index is 390. The molecule has 0 fully saturated rings. The Morgan fingerprint density at radius 1 is 1.26 bits per heavy atom. The third-order valence-corrected chi connectivity index (χ3v) is 3.63. The zero-order chi connectivity index (χ0) is 14.3. The van der Waals surface area contributed by atoms with Gasteiger partial charge in [0, 0.05) is 18.0 Å². The average molecular weight is 280 g/mol. The number of amides is 1. The van der Waals surface area contributed by atoms with Crippen molar-refractivity contribution in [3.05, 3.63) is 30.3 Å². The van der Waals surface area contributed by atoms with Gasteiger partial charge in [0.05, 0.1) is 5.75 Å². The van der Waals surface area contributed by atoms with Crippen LogP contribution in [0.15, 0.2) is 35.2 Å². The molecule has 0 aromatic heterocycles. The molecule has 0 saturated carbocycles. The van der Waals surface area contributed by atoms with Gasteiger partial charge in [0.1, 0.15) is 0 Å². The summed E-state index contributed by atoms with van der Waals surface area (Å²) in [6.07, 6.45) is 0. The summed E-state index contributed by atoms with van der Waals surface area (Å²) in [4.78, 5) is 15.1. The first-order chi connectivity index (χ1) is 8.89. The van der Waals surface area contributed by atoms with E-state index < -0.39 is 0 Å². The van der Waals surface area contributed by atoms with Crippen LogP contribution in [0.2, 0.25) is 0 Å². The van der Waals surface area contributed by atoms with E-state index in [1.54, 1.807) is 11.8 Å². The molecule has 0 aliphatic carbocycles. The lowest BCUT2D eigenvalue weighted by Gasteiger charge is -2.28. The number of carbonyl (C=O) groups excluding carboxylic acids is 1. The van der Waals surface area contributed by atoms with Crippen molar-refractivity contribution in [2.75, 3.05) is 32.9 Å². The summed E-state index contributed by atoms with van der Waals surface area (Å²) in [5.41, 5.74) is 0.0938. The summed E-state index contributed by atoms with van der Waals surface area (Å²) >= 11 is 1.57. The molecule has 106 valence electrons. The van der Waals surface area contributed by atoms with E-state index in [1.807, 2.05) is 30.3 Å². The van der Waals surface area contributed by atoms with Gasteiger partial charge in [0.15, 0.2) is 0 Å². The molecule has 0 aliphatic heterocycles. The van der Waals surface area contributed by atoms with E-state index in [2.05, 4.69) is 38.2 Å². The molecule has 1 aromatic rings. The normalized spacial score (nSPS) is 11.6. The Morgan fingerprint density at radius 3 is 2.47 bits per heavy atom. The Balaban J connectivity index is 2.28. The lowest BCUT2D eigenvalue weighted by atomic mass is 9.93. The molecule has 19 heavy (non-hydrogen) atoms. The van der Waals surface area contributed by atoms with E-state index in [4.69, 9.17) is 0 Å². The minimum absolute atomic E-state index is 0.0938. The number of rotatable bonds is 7. The number of nitrogens with one attached hydrogen (secondary N) is 1. The van der Waals surface area contributed by atoms with Gasteiger partial charge in [-0.2, -0.15) is 0 Å². The smallest absolute Gasteiger partial charge is 0.230 e. The molecule has 1 aromatic carbocycles. The van der Waals surface area contributed by atoms with Crippen LogP contribution in [0.1, 0.15) is 13.8 Å². The highest BCUT2D eigenvalue weighted by Gasteiger charge is 2.19. The summed E-state index contributed by atoms with van der Waals surface area (Å²) < 4.78 is 0. The fourth-order valence-corrected chi connectivity index (χ4v) is 2.72. The topological polar surface area (TPSA) is 32.3 Å². The standard InChI is InChI=1S/C15H24N2OS/c1-15(2,12-17(3)4)11-16-14(18)10-19-13-8-6-5-7-9-13/h5-9H,10-12H2,1-4H3,(H,16,18). The van der Waals surface area contributed by atoms with Crippen molar-refractivity contribution in [2.45, 2.75) is 18.7 Å². The molecule has 0 aliphatic rings. The van der Waals surface area contributed by atoms with Crippen molar-refractivity contribution >= 4 is 17.7 Å². The average Bonchev–Trinajstić information content (AvgIpc) is 2.34. The van der Waals surface area contributed by atoms with Gasteiger partial charge in [-0.15, -0.1) is 11.8 Å². The van der Waals surface area contributed by atoms with Gasteiger partial charge in [-0.05, 0) is 31.6 Å². The van der Waals surface area contributed by atoms with E-state index in [0.717, 1.165) is 11.4 Å². The highest BCUT2D eigenvalue weighted by Crippen LogP contribution is 2.17. The van der Waals surface area contributed by atoms with Crippen LogP contribution in [-0.2, 0) is 4.79 Å². The third-order valence-electron chi connectivity index (χ3n) is 2.62. The third kappa shape index (κ3) is 7.23. The first-order valence-electron chi connectivity index (χ1n) is 6.48. The molecule has 0 bridgehead atoms. The zero-order valence-corrected chi connectivity index (χ0v) is 13.1. The van der Waals surface area contributed by atoms with Gasteiger partial charge >= 0.3 is 0 Å². The second-order valence-corrected chi connectivity index (χ2v) is 6.83. The molecule has 1 N–H and O–H groups in total. The Morgan fingerprint density at radius 2 is 1.89 bits per heavy atom. The Hall–Kier alpha value is -1.00. The van der Waals surface area contributed by atoms with Gasteiger partial charge in [0.2, 0.25) is 5.91 Å². The first-order valence-corrected chi connectivity index (χ1v) is 7.47. The summed E-state index contributed by atoms with van der Waals surface area (Å²) in [5.74, 6) is 0.572. The molecule has 0 radical (unpaired) electrons. The number of hydrogen-bond acceptors (Lipinski definition) is 3. The van der Waals surface area contributed by atoms with Crippen molar-refractivity contribution in [1.29, 1.82) is 0 Å². The minimum atomic E-state index is 0.0938. The van der Waals surface area contributed by atoms with E-state index in [-0.39, 0.29) is 11.3 Å². The maximum absolute atomic E-state index is 11.8. The molecule has 4 heteroatoms. The largest absolute Gasteiger partial charge is 0.355 e. The molecular weight excluding hydrogens is 256 g/mol. The second kappa shape index (κ2) is 7.56. The van der Waals surface area contributed by atoms with Crippen LogP contribution in [-0.4, -0.2) is 43.7 Å². The van der Waals surface area contributed by atoms with Crippen molar-refractivity contribution in [3.63, 3.8) is 0 Å².